The van der Waals surface area contributed by atoms with Gasteiger partial charge in [0.2, 0.25) is 0 Å². The van der Waals surface area contributed by atoms with E-state index in [4.69, 9.17) is 0 Å². The first-order valence-electron chi connectivity index (χ1n) is 6.63. The topological polar surface area (TPSA) is 33.2 Å². The summed E-state index contributed by atoms with van der Waals surface area (Å²) in [5, 5.41) is 0. The molecule has 1 saturated heterocycles. The number of hydrogen-bond donors (Lipinski definition) is 0. The highest BCUT2D eigenvalue weighted by molar-refractivity contribution is 9.11. The third-order valence-corrected chi connectivity index (χ3v) is 5.02. The monoisotopic (exact) mass is 356 g/mol. The van der Waals surface area contributed by atoms with Crippen LogP contribution in [0.25, 0.3) is 0 Å². The molecular formula is C14H14BrFN2OS. The quantitative estimate of drug-likeness (QED) is 0.799. The van der Waals surface area contributed by atoms with Crippen molar-refractivity contribution in [3.8, 4) is 0 Å². The molecule has 3 nitrogen and oxygen atoms in total. The summed E-state index contributed by atoms with van der Waals surface area (Å²) >= 11 is 4.61. The van der Waals surface area contributed by atoms with Crippen LogP contribution in [-0.4, -0.2) is 27.8 Å². The van der Waals surface area contributed by atoms with Crippen molar-refractivity contribution in [2.24, 2.45) is 0 Å². The molecule has 20 heavy (non-hydrogen) atoms. The average Bonchev–Trinajstić information content (AvgIpc) is 3.07. The SMILES string of the molecule is O=C(c1cc(Br)sn1)N1CCCC1C1=CC=C(F)CC1. The highest BCUT2D eigenvalue weighted by Crippen LogP contribution is 2.31. The maximum absolute atomic E-state index is 13.1. The Morgan fingerprint density at radius 3 is 2.95 bits per heavy atom. The van der Waals surface area contributed by atoms with Gasteiger partial charge in [-0.1, -0.05) is 6.08 Å². The van der Waals surface area contributed by atoms with Crippen LogP contribution in [0.15, 0.2) is 33.4 Å². The Morgan fingerprint density at radius 2 is 2.30 bits per heavy atom. The largest absolute Gasteiger partial charge is 0.331 e. The highest BCUT2D eigenvalue weighted by Gasteiger charge is 2.33. The van der Waals surface area contributed by atoms with Gasteiger partial charge in [0.15, 0.2) is 0 Å². The van der Waals surface area contributed by atoms with Crippen LogP contribution in [0.1, 0.15) is 36.2 Å². The Morgan fingerprint density at radius 1 is 1.45 bits per heavy atom. The second kappa shape index (κ2) is 5.77. The van der Waals surface area contributed by atoms with E-state index in [1.807, 2.05) is 11.0 Å². The minimum absolute atomic E-state index is 0.0228. The van der Waals surface area contributed by atoms with Crippen LogP contribution in [0.4, 0.5) is 4.39 Å². The lowest BCUT2D eigenvalue weighted by molar-refractivity contribution is 0.0749. The van der Waals surface area contributed by atoms with Crippen molar-refractivity contribution in [1.29, 1.82) is 0 Å². The van der Waals surface area contributed by atoms with Crippen molar-refractivity contribution < 1.29 is 9.18 Å². The van der Waals surface area contributed by atoms with Gasteiger partial charge in [0, 0.05) is 13.0 Å². The molecule has 1 atom stereocenters. The summed E-state index contributed by atoms with van der Waals surface area (Å²) in [5.74, 6) is -0.0987. The maximum Gasteiger partial charge on any atom is 0.274 e. The van der Waals surface area contributed by atoms with Gasteiger partial charge in [-0.15, -0.1) is 0 Å². The Labute approximate surface area is 129 Å². The number of rotatable bonds is 2. The van der Waals surface area contributed by atoms with Crippen molar-refractivity contribution >= 4 is 33.4 Å². The van der Waals surface area contributed by atoms with E-state index in [0.717, 1.165) is 28.7 Å². The smallest absolute Gasteiger partial charge is 0.274 e. The van der Waals surface area contributed by atoms with E-state index >= 15 is 0 Å². The molecule has 0 aromatic carbocycles. The number of nitrogens with zero attached hydrogens (tertiary/aromatic N) is 2. The Kier molecular flexibility index (Phi) is 4.03. The summed E-state index contributed by atoms with van der Waals surface area (Å²) in [6.45, 7) is 0.752. The van der Waals surface area contributed by atoms with Crippen molar-refractivity contribution in [1.82, 2.24) is 9.27 Å². The minimum Gasteiger partial charge on any atom is -0.331 e. The van der Waals surface area contributed by atoms with Crippen LogP contribution in [-0.2, 0) is 0 Å². The van der Waals surface area contributed by atoms with E-state index in [9.17, 15) is 9.18 Å². The summed E-state index contributed by atoms with van der Waals surface area (Å²) in [6, 6.07) is 1.87. The fourth-order valence-corrected chi connectivity index (χ4v) is 3.72. The van der Waals surface area contributed by atoms with Gasteiger partial charge in [-0.05, 0) is 64.4 Å². The number of aromatic nitrogens is 1. The second-order valence-corrected chi connectivity index (χ2v) is 7.21. The first-order chi connectivity index (χ1) is 9.65. The number of amides is 1. The molecule has 2 aliphatic rings. The van der Waals surface area contributed by atoms with Crippen molar-refractivity contribution in [2.75, 3.05) is 6.54 Å². The van der Waals surface area contributed by atoms with Gasteiger partial charge in [0.1, 0.15) is 11.5 Å². The highest BCUT2D eigenvalue weighted by atomic mass is 79.9. The first-order valence-corrected chi connectivity index (χ1v) is 8.20. The Bertz CT molecular complexity index is 596. The third-order valence-electron chi connectivity index (χ3n) is 3.77. The molecule has 0 saturated carbocycles. The lowest BCUT2D eigenvalue weighted by atomic mass is 9.95. The van der Waals surface area contributed by atoms with E-state index in [2.05, 4.69) is 20.3 Å². The molecule has 1 amide bonds. The number of allylic oxidation sites excluding steroid dienone is 3. The molecule has 1 aromatic heterocycles. The van der Waals surface area contributed by atoms with Crippen molar-refractivity contribution in [3.63, 3.8) is 0 Å². The number of carbonyl (C=O) groups is 1. The van der Waals surface area contributed by atoms with Crippen LogP contribution in [0, 0.1) is 0 Å². The zero-order chi connectivity index (χ0) is 14.1. The normalized spacial score (nSPS) is 22.7. The number of likely N-dealkylation sites (tertiary alicyclic amines) is 1. The molecule has 106 valence electrons. The van der Waals surface area contributed by atoms with E-state index in [1.54, 1.807) is 6.07 Å². The molecule has 0 spiro atoms. The first kappa shape index (κ1) is 13.9. The van der Waals surface area contributed by atoms with E-state index in [0.29, 0.717) is 18.5 Å². The summed E-state index contributed by atoms with van der Waals surface area (Å²) < 4.78 is 18.1. The second-order valence-electron chi connectivity index (χ2n) is 5.03. The van der Waals surface area contributed by atoms with E-state index in [-0.39, 0.29) is 17.8 Å². The summed E-state index contributed by atoms with van der Waals surface area (Å²) in [4.78, 5) is 14.4. The predicted molar refractivity (Wildman–Crippen MR) is 80.4 cm³/mol. The van der Waals surface area contributed by atoms with Gasteiger partial charge in [-0.25, -0.2) is 4.39 Å². The molecule has 2 heterocycles. The van der Waals surface area contributed by atoms with Crippen LogP contribution in [0.3, 0.4) is 0 Å². The molecule has 0 radical (unpaired) electrons. The van der Waals surface area contributed by atoms with Crippen LogP contribution < -0.4 is 0 Å². The van der Waals surface area contributed by atoms with Gasteiger partial charge in [-0.2, -0.15) is 4.37 Å². The number of hydrogen-bond acceptors (Lipinski definition) is 3. The number of carbonyl (C=O) groups excluding carboxylic acids is 1. The lowest BCUT2D eigenvalue weighted by Gasteiger charge is -2.27. The maximum atomic E-state index is 13.1. The zero-order valence-corrected chi connectivity index (χ0v) is 13.2. The molecular weight excluding hydrogens is 343 g/mol. The molecule has 1 unspecified atom stereocenters. The van der Waals surface area contributed by atoms with Crippen LogP contribution >= 0.6 is 27.5 Å². The zero-order valence-electron chi connectivity index (χ0n) is 10.8. The van der Waals surface area contributed by atoms with Crippen LogP contribution in [0.2, 0.25) is 0 Å². The molecule has 6 heteroatoms. The molecule has 0 bridgehead atoms. The van der Waals surface area contributed by atoms with Crippen molar-refractivity contribution in [2.45, 2.75) is 31.7 Å². The molecule has 0 N–H and O–H groups in total. The molecule has 3 rings (SSSR count). The summed E-state index contributed by atoms with van der Waals surface area (Å²) in [6.07, 6.45) is 6.47. The van der Waals surface area contributed by atoms with Crippen molar-refractivity contribution in [3.05, 3.63) is 39.1 Å². The average molecular weight is 357 g/mol. The number of halogens is 2. The van der Waals surface area contributed by atoms with E-state index in [1.165, 1.54) is 17.6 Å². The summed E-state index contributed by atoms with van der Waals surface area (Å²) in [7, 11) is 0. The molecule has 1 fully saturated rings. The fraction of sp³-hybridized carbons (Fsp3) is 0.429. The Balaban J connectivity index is 1.81. The van der Waals surface area contributed by atoms with Crippen LogP contribution in [0.5, 0.6) is 0 Å². The third kappa shape index (κ3) is 2.72. The minimum atomic E-state index is -0.0759. The Hall–Kier alpha value is -1.01. The van der Waals surface area contributed by atoms with Gasteiger partial charge < -0.3 is 4.90 Å². The predicted octanol–water partition coefficient (Wildman–Crippen LogP) is 4.08. The van der Waals surface area contributed by atoms with Gasteiger partial charge >= 0.3 is 0 Å². The molecule has 1 aromatic rings. The molecule has 1 aliphatic carbocycles. The van der Waals surface area contributed by atoms with Gasteiger partial charge in [0.05, 0.1) is 9.83 Å². The summed E-state index contributed by atoms with van der Waals surface area (Å²) in [5.41, 5.74) is 1.65. The standard InChI is InChI=1S/C14H14BrFN2OS/c15-13-8-11(17-20-13)14(19)18-7-1-2-12(18)9-3-5-10(16)6-4-9/h3,5,8,12H,1-2,4,6-7H2. The molecule has 1 aliphatic heterocycles. The van der Waals surface area contributed by atoms with Gasteiger partial charge in [-0.3, -0.25) is 4.79 Å². The fourth-order valence-electron chi connectivity index (χ4n) is 2.80. The van der Waals surface area contributed by atoms with E-state index < -0.39 is 0 Å². The van der Waals surface area contributed by atoms with Gasteiger partial charge in [0.25, 0.3) is 5.91 Å². The lowest BCUT2D eigenvalue weighted by Crippen LogP contribution is -2.37.